The average Bonchev–Trinajstić information content (AvgIpc) is 3.32. The van der Waals surface area contributed by atoms with Crippen molar-refractivity contribution in [2.24, 2.45) is 0 Å². The Labute approximate surface area is 172 Å². The van der Waals surface area contributed by atoms with Crippen LogP contribution in [0.1, 0.15) is 47.5 Å². The molecule has 29 heavy (non-hydrogen) atoms. The number of nitrogens with zero attached hydrogens (tertiary/aromatic N) is 3. The lowest BCUT2D eigenvalue weighted by Crippen LogP contribution is -2.43. The van der Waals surface area contributed by atoms with E-state index in [9.17, 15) is 4.39 Å². The van der Waals surface area contributed by atoms with Crippen LogP contribution in [0.5, 0.6) is 0 Å². The Morgan fingerprint density at radius 2 is 2.07 bits per heavy atom. The van der Waals surface area contributed by atoms with Crippen LogP contribution in [0.25, 0.3) is 0 Å². The largest absolute Gasteiger partial charge is 0.325 e. The lowest BCUT2D eigenvalue weighted by molar-refractivity contribution is 0.326. The Bertz CT molecular complexity index is 906. The second-order valence-electron chi connectivity index (χ2n) is 8.67. The maximum atomic E-state index is 12.7. The molecule has 0 unspecified atom stereocenters. The summed E-state index contributed by atoms with van der Waals surface area (Å²) in [7, 11) is 0. The van der Waals surface area contributed by atoms with Crippen LogP contribution in [-0.4, -0.2) is 42.8 Å². The van der Waals surface area contributed by atoms with Gasteiger partial charge in [0, 0.05) is 42.0 Å². The van der Waals surface area contributed by atoms with Crippen molar-refractivity contribution < 1.29 is 4.39 Å². The number of aryl methyl sites for hydroxylation is 2. The van der Waals surface area contributed by atoms with E-state index in [1.54, 1.807) is 0 Å². The Morgan fingerprint density at radius 3 is 2.90 bits per heavy atom. The third kappa shape index (κ3) is 3.22. The topological polar surface area (TPSA) is 53.1 Å². The molecule has 3 heterocycles. The van der Waals surface area contributed by atoms with Gasteiger partial charge >= 0.3 is 0 Å². The normalized spacial score (nSPS) is 19.6. The third-order valence-electron chi connectivity index (χ3n) is 6.84. The molecule has 154 valence electrons. The van der Waals surface area contributed by atoms with E-state index in [1.807, 2.05) is 6.92 Å². The quantitative estimate of drug-likeness (QED) is 0.762. The van der Waals surface area contributed by atoms with E-state index in [0.29, 0.717) is 6.54 Å². The summed E-state index contributed by atoms with van der Waals surface area (Å²) in [6, 6.07) is 6.61. The zero-order valence-electron chi connectivity index (χ0n) is 17.2. The van der Waals surface area contributed by atoms with Crippen LogP contribution < -0.4 is 15.5 Å². The van der Waals surface area contributed by atoms with Crippen molar-refractivity contribution in [2.45, 2.75) is 51.0 Å². The molecule has 0 amide bonds. The third-order valence-corrected chi connectivity index (χ3v) is 6.84. The van der Waals surface area contributed by atoms with Gasteiger partial charge in [0.15, 0.2) is 0 Å². The number of alkyl halides is 1. The molecule has 2 aromatic rings. The highest BCUT2D eigenvalue weighted by molar-refractivity contribution is 5.75. The maximum Gasteiger partial charge on any atom is 0.140 e. The van der Waals surface area contributed by atoms with Crippen LogP contribution in [0.15, 0.2) is 18.2 Å². The lowest BCUT2D eigenvalue weighted by Gasteiger charge is -2.36. The molecule has 0 radical (unpaired) electrons. The first-order chi connectivity index (χ1) is 14.2. The Kier molecular flexibility index (Phi) is 5.00. The molecular weight excluding hydrogens is 365 g/mol. The second kappa shape index (κ2) is 7.65. The molecule has 1 aromatic carbocycles. The highest BCUT2D eigenvalue weighted by Crippen LogP contribution is 2.51. The molecule has 2 aliphatic heterocycles. The summed E-state index contributed by atoms with van der Waals surface area (Å²) in [5, 5.41) is 6.81. The number of hydrogen-bond acceptors (Lipinski definition) is 5. The molecule has 1 saturated heterocycles. The number of aromatic nitrogens is 2. The van der Waals surface area contributed by atoms with Crippen molar-refractivity contribution in [1.29, 1.82) is 0 Å². The first-order valence-corrected chi connectivity index (χ1v) is 11.0. The minimum absolute atomic E-state index is 0.138. The highest BCUT2D eigenvalue weighted by atomic mass is 19.1. The van der Waals surface area contributed by atoms with E-state index in [-0.39, 0.29) is 12.1 Å². The summed E-state index contributed by atoms with van der Waals surface area (Å²) in [5.74, 6) is 1.99. The smallest absolute Gasteiger partial charge is 0.140 e. The molecule has 0 bridgehead atoms. The summed E-state index contributed by atoms with van der Waals surface area (Å²) < 4.78 is 12.7. The van der Waals surface area contributed by atoms with E-state index in [1.165, 1.54) is 34.5 Å². The van der Waals surface area contributed by atoms with E-state index < -0.39 is 0 Å². The fourth-order valence-electron chi connectivity index (χ4n) is 5.59. The highest BCUT2D eigenvalue weighted by Gasteiger charge is 2.46. The number of fused-ring (bicyclic) bond motifs is 3. The lowest BCUT2D eigenvalue weighted by atomic mass is 9.73. The van der Waals surface area contributed by atoms with Crippen LogP contribution in [0, 0.1) is 6.92 Å². The molecular formula is C23H30FN5. The number of anilines is 2. The number of hydrogen-bond donors (Lipinski definition) is 2. The monoisotopic (exact) mass is 395 g/mol. The molecule has 6 heteroatoms. The van der Waals surface area contributed by atoms with E-state index >= 15 is 0 Å². The molecule has 5 rings (SSSR count). The fourth-order valence-corrected chi connectivity index (χ4v) is 5.59. The Balaban J connectivity index is 1.62. The summed E-state index contributed by atoms with van der Waals surface area (Å²) in [4.78, 5) is 12.1. The summed E-state index contributed by atoms with van der Waals surface area (Å²) in [5.41, 5.74) is 6.77. The first-order valence-electron chi connectivity index (χ1n) is 11.0. The minimum atomic E-state index is -0.331. The predicted molar refractivity (Wildman–Crippen MR) is 114 cm³/mol. The van der Waals surface area contributed by atoms with Crippen LogP contribution in [0.4, 0.5) is 15.9 Å². The van der Waals surface area contributed by atoms with Gasteiger partial charge in [-0.25, -0.2) is 14.4 Å². The van der Waals surface area contributed by atoms with Crippen LogP contribution >= 0.6 is 0 Å². The SMILES string of the molecule is Cc1nc2c(c(N3CC4(CCNCC4)c4c(CNCCF)cccc43)n1)CCC2. The molecule has 0 saturated carbocycles. The van der Waals surface area contributed by atoms with Gasteiger partial charge in [-0.05, 0) is 69.3 Å². The molecule has 3 aliphatic rings. The van der Waals surface area contributed by atoms with Crippen molar-refractivity contribution in [3.05, 3.63) is 46.4 Å². The number of rotatable bonds is 5. The minimum Gasteiger partial charge on any atom is -0.325 e. The molecule has 1 spiro atoms. The summed E-state index contributed by atoms with van der Waals surface area (Å²) in [6.45, 7) is 5.87. The molecule has 1 fully saturated rings. The molecule has 5 nitrogen and oxygen atoms in total. The number of halogens is 1. The zero-order chi connectivity index (χ0) is 19.8. The van der Waals surface area contributed by atoms with Gasteiger partial charge in [-0.2, -0.15) is 0 Å². The van der Waals surface area contributed by atoms with Gasteiger partial charge in [-0.1, -0.05) is 12.1 Å². The fraction of sp³-hybridized carbons (Fsp3) is 0.565. The maximum absolute atomic E-state index is 12.7. The van der Waals surface area contributed by atoms with Crippen LogP contribution in [-0.2, 0) is 24.8 Å². The molecule has 2 N–H and O–H groups in total. The van der Waals surface area contributed by atoms with Crippen LogP contribution in [0.3, 0.4) is 0 Å². The van der Waals surface area contributed by atoms with E-state index in [2.05, 4.69) is 33.7 Å². The second-order valence-corrected chi connectivity index (χ2v) is 8.67. The summed E-state index contributed by atoms with van der Waals surface area (Å²) >= 11 is 0. The van der Waals surface area contributed by atoms with Gasteiger partial charge in [0.05, 0.1) is 0 Å². The number of benzene rings is 1. The Morgan fingerprint density at radius 1 is 1.21 bits per heavy atom. The van der Waals surface area contributed by atoms with Crippen molar-refractivity contribution in [1.82, 2.24) is 20.6 Å². The van der Waals surface area contributed by atoms with Crippen LogP contribution in [0.2, 0.25) is 0 Å². The standard InChI is InChI=1S/C23H30FN5/c1-16-27-19-6-3-5-18(19)22(28-16)29-15-23(8-11-25-12-9-23)21-17(14-26-13-10-24)4-2-7-20(21)29/h2,4,7,25-26H,3,5-6,8-15H2,1H3. The first kappa shape index (κ1) is 18.9. The molecule has 0 atom stereocenters. The van der Waals surface area contributed by atoms with Crippen molar-refractivity contribution in [2.75, 3.05) is 37.8 Å². The Hall–Kier alpha value is -2.05. The van der Waals surface area contributed by atoms with Crippen molar-refractivity contribution in [3.8, 4) is 0 Å². The van der Waals surface area contributed by atoms with Gasteiger partial charge in [-0.3, -0.25) is 0 Å². The van der Waals surface area contributed by atoms with Gasteiger partial charge in [-0.15, -0.1) is 0 Å². The zero-order valence-corrected chi connectivity index (χ0v) is 17.2. The van der Waals surface area contributed by atoms with Gasteiger partial charge in [0.25, 0.3) is 0 Å². The van der Waals surface area contributed by atoms with Gasteiger partial charge < -0.3 is 15.5 Å². The molecule has 1 aliphatic carbocycles. The van der Waals surface area contributed by atoms with Crippen molar-refractivity contribution >= 4 is 11.5 Å². The molecule has 1 aromatic heterocycles. The number of nitrogens with one attached hydrogen (secondary N) is 2. The van der Waals surface area contributed by atoms with Crippen molar-refractivity contribution in [3.63, 3.8) is 0 Å². The predicted octanol–water partition coefficient (Wildman–Crippen LogP) is 3.11. The average molecular weight is 396 g/mol. The van der Waals surface area contributed by atoms with Gasteiger partial charge in [0.2, 0.25) is 0 Å². The van der Waals surface area contributed by atoms with Gasteiger partial charge in [0.1, 0.15) is 18.3 Å². The summed E-state index contributed by atoms with van der Waals surface area (Å²) in [6.07, 6.45) is 5.56. The van der Waals surface area contributed by atoms with E-state index in [4.69, 9.17) is 9.97 Å². The number of piperidine rings is 1. The van der Waals surface area contributed by atoms with E-state index in [0.717, 1.165) is 63.5 Å².